The Balaban J connectivity index is 3.17. The lowest BCUT2D eigenvalue weighted by Gasteiger charge is -2.04. The lowest BCUT2D eigenvalue weighted by molar-refractivity contribution is -0.108. The highest BCUT2D eigenvalue weighted by molar-refractivity contribution is 6.30. The van der Waals surface area contributed by atoms with E-state index in [2.05, 4.69) is 0 Å². The first-order chi connectivity index (χ1) is 6.17. The van der Waals surface area contributed by atoms with Gasteiger partial charge in [0.05, 0.1) is 11.6 Å². The van der Waals surface area contributed by atoms with Crippen LogP contribution in [-0.4, -0.2) is 6.29 Å². The minimum Gasteiger partial charge on any atom is -0.303 e. The van der Waals surface area contributed by atoms with Gasteiger partial charge in [-0.1, -0.05) is 18.5 Å². The molecule has 1 unspecified atom stereocenters. The van der Waals surface area contributed by atoms with Gasteiger partial charge in [-0.3, -0.25) is 0 Å². The van der Waals surface area contributed by atoms with Crippen LogP contribution >= 0.6 is 11.6 Å². The summed E-state index contributed by atoms with van der Waals surface area (Å²) in [5, 5.41) is 9.13. The summed E-state index contributed by atoms with van der Waals surface area (Å²) in [6, 6.07) is 6.93. The van der Waals surface area contributed by atoms with Crippen LogP contribution in [-0.2, 0) is 4.79 Å². The van der Waals surface area contributed by atoms with E-state index >= 15 is 0 Å². The first-order valence-corrected chi connectivity index (χ1v) is 4.21. The smallest absolute Gasteiger partial charge is 0.127 e. The van der Waals surface area contributed by atoms with Gasteiger partial charge in [-0.15, -0.1) is 0 Å². The summed E-state index contributed by atoms with van der Waals surface area (Å²) in [7, 11) is 0. The number of carbonyl (C=O) groups excluding carboxylic acids is 1. The van der Waals surface area contributed by atoms with Gasteiger partial charge in [0.15, 0.2) is 0 Å². The molecular weight excluding hydrogens is 186 g/mol. The fourth-order valence-corrected chi connectivity index (χ4v) is 1.26. The van der Waals surface area contributed by atoms with E-state index in [4.69, 9.17) is 16.9 Å². The topological polar surface area (TPSA) is 40.9 Å². The molecule has 0 aliphatic rings. The van der Waals surface area contributed by atoms with Crippen LogP contribution in [0.25, 0.3) is 0 Å². The number of nitriles is 1. The molecule has 0 aliphatic carbocycles. The molecule has 0 aliphatic heterocycles. The quantitative estimate of drug-likeness (QED) is 0.678. The van der Waals surface area contributed by atoms with Crippen molar-refractivity contribution in [1.29, 1.82) is 5.26 Å². The average molecular weight is 194 g/mol. The third-order valence-electron chi connectivity index (χ3n) is 1.78. The van der Waals surface area contributed by atoms with Crippen molar-refractivity contribution in [2.45, 2.75) is 12.8 Å². The number of hydrogen-bond acceptors (Lipinski definition) is 2. The highest BCUT2D eigenvalue weighted by Gasteiger charge is 2.05. The maximum Gasteiger partial charge on any atom is 0.127 e. The SMILES string of the molecule is CC(C=O)c1cc(Cl)cc(C#N)c1. The van der Waals surface area contributed by atoms with Crippen molar-refractivity contribution in [2.24, 2.45) is 0 Å². The average Bonchev–Trinajstić information content (AvgIpc) is 2.15. The van der Waals surface area contributed by atoms with Gasteiger partial charge in [0.2, 0.25) is 0 Å². The first-order valence-electron chi connectivity index (χ1n) is 3.83. The molecule has 1 atom stereocenters. The van der Waals surface area contributed by atoms with E-state index in [1.807, 2.05) is 6.07 Å². The molecule has 0 spiro atoms. The molecule has 13 heavy (non-hydrogen) atoms. The van der Waals surface area contributed by atoms with E-state index in [1.165, 1.54) is 0 Å². The van der Waals surface area contributed by atoms with Gasteiger partial charge in [0.25, 0.3) is 0 Å². The van der Waals surface area contributed by atoms with Crippen molar-refractivity contribution in [1.82, 2.24) is 0 Å². The van der Waals surface area contributed by atoms with Crippen molar-refractivity contribution in [2.75, 3.05) is 0 Å². The molecular formula is C10H8ClNO. The van der Waals surface area contributed by atoms with Crippen LogP contribution in [0.15, 0.2) is 18.2 Å². The summed E-state index contributed by atoms with van der Waals surface area (Å²) >= 11 is 5.76. The Morgan fingerprint density at radius 2 is 2.23 bits per heavy atom. The minimum absolute atomic E-state index is 0.217. The summed E-state index contributed by atoms with van der Waals surface area (Å²) in [6.45, 7) is 1.76. The second-order valence-electron chi connectivity index (χ2n) is 2.81. The van der Waals surface area contributed by atoms with Gasteiger partial charge in [-0.2, -0.15) is 5.26 Å². The maximum atomic E-state index is 10.5. The van der Waals surface area contributed by atoms with E-state index in [1.54, 1.807) is 25.1 Å². The fourth-order valence-electron chi connectivity index (χ4n) is 1.02. The fraction of sp³-hybridized carbons (Fsp3) is 0.200. The molecule has 0 aromatic heterocycles. The molecule has 0 fully saturated rings. The molecule has 2 nitrogen and oxygen atoms in total. The van der Waals surface area contributed by atoms with Crippen LogP contribution in [0.3, 0.4) is 0 Å². The molecule has 0 N–H and O–H groups in total. The van der Waals surface area contributed by atoms with Crippen LogP contribution in [0.1, 0.15) is 24.0 Å². The van der Waals surface area contributed by atoms with Crippen molar-refractivity contribution >= 4 is 17.9 Å². The normalized spacial score (nSPS) is 11.8. The van der Waals surface area contributed by atoms with Crippen LogP contribution in [0.2, 0.25) is 5.02 Å². The second kappa shape index (κ2) is 4.06. The summed E-state index contributed by atoms with van der Waals surface area (Å²) in [5.74, 6) is -0.217. The lowest BCUT2D eigenvalue weighted by atomic mass is 10.0. The summed E-state index contributed by atoms with van der Waals surface area (Å²) in [5.41, 5.74) is 1.26. The van der Waals surface area contributed by atoms with E-state index in [0.717, 1.165) is 11.8 Å². The second-order valence-corrected chi connectivity index (χ2v) is 3.25. The molecule has 0 heterocycles. The predicted octanol–water partition coefficient (Wildman–Crippen LogP) is 2.51. The third kappa shape index (κ3) is 2.30. The molecule has 0 saturated heterocycles. The molecule has 1 aromatic rings. The highest BCUT2D eigenvalue weighted by atomic mass is 35.5. The molecule has 66 valence electrons. The molecule has 0 amide bonds. The van der Waals surface area contributed by atoms with E-state index in [0.29, 0.717) is 10.6 Å². The molecule has 3 heteroatoms. The standard InChI is InChI=1S/C10H8ClNO/c1-7(6-13)9-2-8(5-12)3-10(11)4-9/h2-4,6-7H,1H3. The Bertz CT molecular complexity index is 368. The zero-order valence-corrected chi connectivity index (χ0v) is 7.88. The number of halogens is 1. The van der Waals surface area contributed by atoms with Crippen LogP contribution in [0.4, 0.5) is 0 Å². The molecule has 1 aromatic carbocycles. The van der Waals surface area contributed by atoms with Crippen LogP contribution in [0.5, 0.6) is 0 Å². The Hall–Kier alpha value is -1.33. The third-order valence-corrected chi connectivity index (χ3v) is 2.00. The van der Waals surface area contributed by atoms with Gasteiger partial charge >= 0.3 is 0 Å². The number of nitrogens with zero attached hydrogens (tertiary/aromatic N) is 1. The molecule has 0 radical (unpaired) electrons. The lowest BCUT2D eigenvalue weighted by Crippen LogP contribution is -1.94. The van der Waals surface area contributed by atoms with Crippen molar-refractivity contribution in [3.8, 4) is 6.07 Å². The van der Waals surface area contributed by atoms with Gasteiger partial charge in [-0.25, -0.2) is 0 Å². The Morgan fingerprint density at radius 1 is 1.54 bits per heavy atom. The predicted molar refractivity (Wildman–Crippen MR) is 50.6 cm³/mol. The monoisotopic (exact) mass is 193 g/mol. The van der Waals surface area contributed by atoms with E-state index < -0.39 is 0 Å². The van der Waals surface area contributed by atoms with E-state index in [-0.39, 0.29) is 5.92 Å². The number of rotatable bonds is 2. The van der Waals surface area contributed by atoms with Gasteiger partial charge in [0.1, 0.15) is 6.29 Å². The van der Waals surface area contributed by atoms with Gasteiger partial charge < -0.3 is 4.79 Å². The van der Waals surface area contributed by atoms with Gasteiger partial charge in [-0.05, 0) is 23.8 Å². The first kappa shape index (κ1) is 9.76. The Kier molecular flexibility index (Phi) is 3.05. The Labute approximate surface area is 81.7 Å². The van der Waals surface area contributed by atoms with Crippen molar-refractivity contribution < 1.29 is 4.79 Å². The Morgan fingerprint density at radius 3 is 2.77 bits per heavy atom. The number of hydrogen-bond donors (Lipinski definition) is 0. The summed E-state index contributed by atoms with van der Waals surface area (Å²) < 4.78 is 0. The van der Waals surface area contributed by atoms with E-state index in [9.17, 15) is 4.79 Å². The summed E-state index contributed by atoms with van der Waals surface area (Å²) in [4.78, 5) is 10.5. The minimum atomic E-state index is -0.217. The molecule has 1 rings (SSSR count). The van der Waals surface area contributed by atoms with Gasteiger partial charge in [0, 0.05) is 10.9 Å². The maximum absolute atomic E-state index is 10.5. The zero-order chi connectivity index (χ0) is 9.84. The van der Waals surface area contributed by atoms with Crippen LogP contribution < -0.4 is 0 Å². The largest absolute Gasteiger partial charge is 0.303 e. The van der Waals surface area contributed by atoms with Crippen LogP contribution in [0, 0.1) is 11.3 Å². The summed E-state index contributed by atoms with van der Waals surface area (Å²) in [6.07, 6.45) is 0.826. The number of aldehydes is 1. The highest BCUT2D eigenvalue weighted by Crippen LogP contribution is 2.20. The molecule has 0 saturated carbocycles. The number of carbonyl (C=O) groups is 1. The van der Waals surface area contributed by atoms with Crippen molar-refractivity contribution in [3.05, 3.63) is 34.3 Å². The van der Waals surface area contributed by atoms with Crippen molar-refractivity contribution in [3.63, 3.8) is 0 Å². The molecule has 0 bridgehead atoms. The number of benzene rings is 1. The zero-order valence-electron chi connectivity index (χ0n) is 7.12.